The van der Waals surface area contributed by atoms with Crippen LogP contribution in [-0.4, -0.2) is 59.8 Å². The van der Waals surface area contributed by atoms with Crippen LogP contribution in [0.4, 0.5) is 0 Å². The lowest BCUT2D eigenvalue weighted by Crippen LogP contribution is -1.95. The van der Waals surface area contributed by atoms with Gasteiger partial charge in [-0.15, -0.1) is 11.3 Å². The number of hydrogen-bond donors (Lipinski definition) is 0. The molecule has 21 aromatic carbocycles. The van der Waals surface area contributed by atoms with Crippen LogP contribution in [0.1, 0.15) is 0 Å². The van der Waals surface area contributed by atoms with Gasteiger partial charge in [-0.05, 0) is 266 Å². The summed E-state index contributed by atoms with van der Waals surface area (Å²) >= 11 is 1.88. The number of thiophene rings is 1. The van der Waals surface area contributed by atoms with Crippen LogP contribution < -0.4 is 0 Å². The van der Waals surface area contributed by atoms with Crippen molar-refractivity contribution >= 4 is 292 Å². The minimum absolute atomic E-state index is 0.547. The van der Waals surface area contributed by atoms with Crippen LogP contribution in [0.25, 0.3) is 281 Å². The van der Waals surface area contributed by atoms with E-state index in [1.54, 1.807) is 12.4 Å². The lowest BCUT2D eigenvalue weighted by molar-refractivity contribution is 1.20. The van der Waals surface area contributed by atoms with Crippen molar-refractivity contribution in [2.45, 2.75) is 0 Å². The van der Waals surface area contributed by atoms with E-state index in [2.05, 4.69) is 311 Å². The predicted molar refractivity (Wildman–Crippen MR) is 559 cm³/mol. The summed E-state index contributed by atoms with van der Waals surface area (Å²) in [5, 5.41) is 42.3. The second kappa shape index (κ2) is 30.5. The SMILES string of the molecule is c1ccc2cc3c(cc2c1)c1cc2ccccc2cc1c1ncccc31.c1ccc2cc3c(cc2c1)c1cc2ccccc2nc1c1cccnc31.c1ccc2cc3c(cc2c1)c1cc2sc4ccccc4c2cc1c1cccnc13.c1ccc2cc3c(cc2c1)c1ncccc1c1nc2ccccc2nc31.c1ccc2cc3c(cc2c1)c1ncccc1c1nc2nccnc2nc31. The number of aromatic nitrogens is 12. The Kier molecular flexibility index (Phi) is 17.3. The van der Waals surface area contributed by atoms with Gasteiger partial charge in [0.1, 0.15) is 11.0 Å². The largest absolute Gasteiger partial charge is 0.256 e. The molecule has 0 saturated carbocycles. The molecule has 10 aromatic heterocycles. The summed E-state index contributed by atoms with van der Waals surface area (Å²) in [6.45, 7) is 0. The highest BCUT2D eigenvalue weighted by Gasteiger charge is 2.21. The first kappa shape index (κ1) is 75.4. The summed E-state index contributed by atoms with van der Waals surface area (Å²) in [5.74, 6) is 0. The highest BCUT2D eigenvalue weighted by molar-refractivity contribution is 7.26. The summed E-state index contributed by atoms with van der Waals surface area (Å²) in [5.41, 5.74) is 13.5. The third-order valence-electron chi connectivity index (χ3n) is 26.5. The molecule has 0 amide bonds. The molecule has 0 aliphatic heterocycles. The van der Waals surface area contributed by atoms with E-state index in [9.17, 15) is 0 Å². The van der Waals surface area contributed by atoms with Gasteiger partial charge < -0.3 is 0 Å². The van der Waals surface area contributed by atoms with Gasteiger partial charge in [-0.25, -0.2) is 34.9 Å². The Hall–Kier alpha value is -17.8. The number of pyridine rings is 6. The molecule has 614 valence electrons. The Bertz CT molecular complexity index is 9070. The summed E-state index contributed by atoms with van der Waals surface area (Å²) < 4.78 is 2.69. The standard InChI is InChI=1S/C27H15NS.C25H15N.C24H14N2.C23H13N3.C21H11N5/c1-2-7-17-13-24-20(12-16(17)6-1)22-15-26-23(18-8-3-4-10-25(18)29-26)14-21(22)19-9-5-11-28-27(19)24;1-2-7-17-13-22-21(12-16(17)6-1)20-10-5-11-26-25(20)24-15-19-9-4-3-8-18(19)14-23(22)24;1-2-7-16-13-20-19(12-15(16)6-1)21-14-17-8-3-4-10-22(17)26-24(21)18-9-5-11-25-23(18)20;1-2-7-15-13-18-17(12-14(15)6-1)21-16(8-5-11-24-21)22-23(18)26-20-10-4-3-9-19(20)25-22;1-2-5-13-11-16-15(10-12(13)4-1)17-14(6-3-7-22-17)18-19(16)26-21-20(25-18)23-8-9-24-21/h1-15H;1-15H;1-14H;1-13H;1-11H. The van der Waals surface area contributed by atoms with Crippen molar-refractivity contribution in [3.05, 3.63) is 413 Å². The third-order valence-corrected chi connectivity index (χ3v) is 27.6. The van der Waals surface area contributed by atoms with Crippen LogP contribution in [0.15, 0.2) is 413 Å². The van der Waals surface area contributed by atoms with Gasteiger partial charge >= 0.3 is 0 Å². The van der Waals surface area contributed by atoms with Gasteiger partial charge in [0.2, 0.25) is 0 Å². The number of fused-ring (bicyclic) bond motifs is 42. The lowest BCUT2D eigenvalue weighted by Gasteiger charge is -2.12. The fourth-order valence-corrected chi connectivity index (χ4v) is 21.5. The van der Waals surface area contributed by atoms with E-state index in [-0.39, 0.29) is 0 Å². The molecule has 13 heteroatoms. The highest BCUT2D eigenvalue weighted by Crippen LogP contribution is 2.46. The van der Waals surface area contributed by atoms with E-state index in [0.717, 1.165) is 120 Å². The topological polar surface area (TPSA) is 155 Å². The molecular weight excluding hydrogens is 1640 g/mol. The first-order valence-corrected chi connectivity index (χ1v) is 45.3. The predicted octanol–water partition coefficient (Wildman–Crippen LogP) is 31.2. The first-order valence-electron chi connectivity index (χ1n) is 44.5. The number of benzene rings is 21. The molecule has 133 heavy (non-hydrogen) atoms. The zero-order valence-corrected chi connectivity index (χ0v) is 71.9. The summed E-state index contributed by atoms with van der Waals surface area (Å²) in [4.78, 5) is 56.7. The number of nitrogens with zero attached hydrogens (tertiary/aromatic N) is 12. The maximum Gasteiger partial charge on any atom is 0.198 e. The fourth-order valence-electron chi connectivity index (χ4n) is 20.3. The van der Waals surface area contributed by atoms with Gasteiger partial charge in [-0.2, -0.15) is 0 Å². The monoisotopic (exact) mass is 1710 g/mol. The van der Waals surface area contributed by atoms with Crippen molar-refractivity contribution in [3.8, 4) is 0 Å². The van der Waals surface area contributed by atoms with Crippen molar-refractivity contribution < 1.29 is 0 Å². The van der Waals surface area contributed by atoms with E-state index >= 15 is 0 Å². The Morgan fingerprint density at radius 2 is 0.368 bits per heavy atom. The maximum atomic E-state index is 5.00. The van der Waals surface area contributed by atoms with E-state index in [1.165, 1.54) is 149 Å². The molecule has 10 heterocycles. The molecule has 31 aromatic rings. The molecule has 12 nitrogen and oxygen atoms in total. The molecule has 0 radical (unpaired) electrons. The van der Waals surface area contributed by atoms with Crippen LogP contribution in [0.2, 0.25) is 0 Å². The molecule has 0 spiro atoms. The van der Waals surface area contributed by atoms with Gasteiger partial charge in [0.25, 0.3) is 0 Å². The number of para-hydroxylation sites is 3. The molecule has 0 unspecified atom stereocenters. The zero-order valence-electron chi connectivity index (χ0n) is 71.0. The van der Waals surface area contributed by atoms with E-state index in [0.29, 0.717) is 11.3 Å². The van der Waals surface area contributed by atoms with E-state index in [1.807, 2.05) is 121 Å². The normalized spacial score (nSPS) is 11.9. The van der Waals surface area contributed by atoms with E-state index in [4.69, 9.17) is 39.9 Å². The second-order valence-electron chi connectivity index (χ2n) is 34.1. The summed E-state index contributed by atoms with van der Waals surface area (Å²) in [6.07, 6.45) is 12.6. The Morgan fingerprint density at radius 1 is 0.128 bits per heavy atom. The molecule has 0 fully saturated rings. The summed E-state index contributed by atoms with van der Waals surface area (Å²) in [7, 11) is 0. The van der Waals surface area contributed by atoms with Crippen molar-refractivity contribution in [1.82, 2.24) is 59.8 Å². The highest BCUT2D eigenvalue weighted by atomic mass is 32.1. The quantitative estimate of drug-likeness (QED) is 0.105. The van der Waals surface area contributed by atoms with Gasteiger partial charge in [-0.3, -0.25) is 24.9 Å². The lowest BCUT2D eigenvalue weighted by atomic mass is 9.93. The number of rotatable bonds is 0. The molecule has 0 N–H and O–H groups in total. The molecule has 31 rings (SSSR count). The van der Waals surface area contributed by atoms with Crippen LogP contribution >= 0.6 is 11.3 Å². The molecule has 0 aliphatic rings. The van der Waals surface area contributed by atoms with Crippen molar-refractivity contribution in [2.75, 3.05) is 0 Å². The number of hydrogen-bond acceptors (Lipinski definition) is 13. The van der Waals surface area contributed by atoms with Gasteiger partial charge in [0.05, 0.1) is 60.7 Å². The molecule has 0 bridgehead atoms. The Balaban J connectivity index is 0.0000000849. The third kappa shape index (κ3) is 12.5. The maximum absolute atomic E-state index is 5.00. The summed E-state index contributed by atoms with van der Waals surface area (Å²) in [6, 6.07) is 131. The van der Waals surface area contributed by atoms with Crippen LogP contribution in [0.5, 0.6) is 0 Å². The zero-order chi connectivity index (χ0) is 87.3. The molecule has 0 saturated heterocycles. The van der Waals surface area contributed by atoms with Crippen LogP contribution in [0, 0.1) is 0 Å². The van der Waals surface area contributed by atoms with Crippen LogP contribution in [0.3, 0.4) is 0 Å². The Morgan fingerprint density at radius 3 is 0.782 bits per heavy atom. The average molecular weight is 1710 g/mol. The van der Waals surface area contributed by atoms with Gasteiger partial charge in [0, 0.05) is 139 Å². The van der Waals surface area contributed by atoms with Crippen molar-refractivity contribution in [3.63, 3.8) is 0 Å². The first-order chi connectivity index (χ1) is 65.9. The second-order valence-corrected chi connectivity index (χ2v) is 35.2. The van der Waals surface area contributed by atoms with Crippen LogP contribution in [-0.2, 0) is 0 Å². The minimum Gasteiger partial charge on any atom is -0.256 e. The average Bonchev–Trinajstić information content (AvgIpc) is 1.68. The minimum atomic E-state index is 0.547. The molecule has 0 aliphatic carbocycles. The molecular formula is C120H68N12S. The fraction of sp³-hybridized carbons (Fsp3) is 0. The van der Waals surface area contributed by atoms with Gasteiger partial charge in [0.15, 0.2) is 11.3 Å². The van der Waals surface area contributed by atoms with E-state index < -0.39 is 0 Å². The van der Waals surface area contributed by atoms with Crippen molar-refractivity contribution in [2.24, 2.45) is 0 Å². The Labute approximate surface area is 760 Å². The smallest absolute Gasteiger partial charge is 0.198 e. The van der Waals surface area contributed by atoms with Gasteiger partial charge in [-0.1, -0.05) is 206 Å². The van der Waals surface area contributed by atoms with Crippen molar-refractivity contribution in [1.29, 1.82) is 0 Å². The molecule has 0 atom stereocenters.